The van der Waals surface area contributed by atoms with Gasteiger partial charge >= 0.3 is 11.1 Å². The topological polar surface area (TPSA) is 73.1 Å². The number of thiophene rings is 1. The van der Waals surface area contributed by atoms with Gasteiger partial charge < -0.3 is 9.88 Å². The molecule has 1 N–H and O–H groups in total. The number of hydrogen-bond donors (Lipinski definition) is 1. The first-order valence-corrected chi connectivity index (χ1v) is 10.0. The van der Waals surface area contributed by atoms with Crippen molar-refractivity contribution < 1.29 is 4.79 Å². The van der Waals surface area contributed by atoms with Crippen LogP contribution in [0.3, 0.4) is 0 Å². The van der Waals surface area contributed by atoms with Gasteiger partial charge in [-0.2, -0.15) is 0 Å². The van der Waals surface area contributed by atoms with Crippen LogP contribution in [0.25, 0.3) is 11.0 Å². The van der Waals surface area contributed by atoms with Crippen molar-refractivity contribution in [3.63, 3.8) is 0 Å². The van der Waals surface area contributed by atoms with Crippen molar-refractivity contribution in [2.75, 3.05) is 0 Å². The fourth-order valence-electron chi connectivity index (χ4n) is 3.24. The molecule has 4 aromatic rings. The minimum Gasteiger partial charge on any atom is -0.347 e. The SMILES string of the molecule is Cn1c(=O)c(=O)n(Cc2ccc(C(=O)NCc3cccs3)cc2)c2ccccc21. The number of carbonyl (C=O) groups excluding carboxylic acids is 1. The lowest BCUT2D eigenvalue weighted by Crippen LogP contribution is -2.40. The lowest BCUT2D eigenvalue weighted by atomic mass is 10.1. The van der Waals surface area contributed by atoms with E-state index < -0.39 is 11.1 Å². The van der Waals surface area contributed by atoms with E-state index in [-0.39, 0.29) is 12.5 Å². The lowest BCUT2D eigenvalue weighted by molar-refractivity contribution is 0.0951. The molecule has 0 radical (unpaired) electrons. The highest BCUT2D eigenvalue weighted by Gasteiger charge is 2.11. The first-order chi connectivity index (χ1) is 14.0. The Balaban J connectivity index is 1.57. The number of nitrogens with one attached hydrogen (secondary N) is 1. The van der Waals surface area contributed by atoms with E-state index in [4.69, 9.17) is 0 Å². The van der Waals surface area contributed by atoms with E-state index in [1.165, 1.54) is 9.13 Å². The second-order valence-electron chi connectivity index (χ2n) is 6.70. The first-order valence-electron chi connectivity index (χ1n) is 9.12. The van der Waals surface area contributed by atoms with E-state index in [1.54, 1.807) is 42.6 Å². The molecule has 0 spiro atoms. The Bertz CT molecular complexity index is 1290. The predicted octanol–water partition coefficient (Wildman–Crippen LogP) is 2.74. The Hall–Kier alpha value is -3.45. The second-order valence-corrected chi connectivity index (χ2v) is 7.74. The number of aryl methyl sites for hydroxylation is 1. The number of hydrogen-bond acceptors (Lipinski definition) is 4. The van der Waals surface area contributed by atoms with Gasteiger partial charge in [-0.05, 0) is 41.3 Å². The van der Waals surface area contributed by atoms with Crippen molar-refractivity contribution in [1.29, 1.82) is 0 Å². The third kappa shape index (κ3) is 3.77. The van der Waals surface area contributed by atoms with E-state index >= 15 is 0 Å². The maximum absolute atomic E-state index is 12.5. The summed E-state index contributed by atoms with van der Waals surface area (Å²) in [6.07, 6.45) is 0. The number of para-hydroxylation sites is 2. The molecule has 2 aromatic heterocycles. The van der Waals surface area contributed by atoms with E-state index in [0.717, 1.165) is 10.4 Å². The molecule has 2 heterocycles. The number of aromatic nitrogens is 2. The van der Waals surface area contributed by atoms with Gasteiger partial charge in [0.05, 0.1) is 24.1 Å². The van der Waals surface area contributed by atoms with Crippen LogP contribution in [0.2, 0.25) is 0 Å². The molecular weight excluding hydrogens is 386 g/mol. The second kappa shape index (κ2) is 7.89. The molecule has 29 heavy (non-hydrogen) atoms. The Labute approximate surface area is 170 Å². The summed E-state index contributed by atoms with van der Waals surface area (Å²) in [5.74, 6) is -0.152. The van der Waals surface area contributed by atoms with Crippen molar-refractivity contribution in [2.45, 2.75) is 13.1 Å². The molecule has 0 fully saturated rings. The normalized spacial score (nSPS) is 10.9. The summed E-state index contributed by atoms with van der Waals surface area (Å²) in [6, 6.07) is 18.3. The third-order valence-electron chi connectivity index (χ3n) is 4.83. The van der Waals surface area contributed by atoms with Gasteiger partial charge in [0.25, 0.3) is 5.91 Å². The Kier molecular flexibility index (Phi) is 5.14. The molecule has 0 saturated heterocycles. The van der Waals surface area contributed by atoms with E-state index in [9.17, 15) is 14.4 Å². The standard InChI is InChI=1S/C22H19N3O3S/c1-24-18-6-2-3-7-19(18)25(22(28)21(24)27)14-15-8-10-16(11-9-15)20(26)23-13-17-5-4-12-29-17/h2-12H,13-14H2,1H3,(H,23,26). The number of nitrogens with zero attached hydrogens (tertiary/aromatic N) is 2. The lowest BCUT2D eigenvalue weighted by Gasteiger charge is -2.13. The van der Waals surface area contributed by atoms with Crippen molar-refractivity contribution in [2.24, 2.45) is 7.05 Å². The predicted molar refractivity (Wildman–Crippen MR) is 114 cm³/mol. The minimum absolute atomic E-state index is 0.152. The molecular formula is C22H19N3O3S. The summed E-state index contributed by atoms with van der Waals surface area (Å²) in [5.41, 5.74) is 1.64. The van der Waals surface area contributed by atoms with Crippen LogP contribution >= 0.6 is 11.3 Å². The highest BCUT2D eigenvalue weighted by atomic mass is 32.1. The Morgan fingerprint density at radius 1 is 0.931 bits per heavy atom. The van der Waals surface area contributed by atoms with Crippen LogP contribution in [-0.2, 0) is 20.1 Å². The summed E-state index contributed by atoms with van der Waals surface area (Å²) in [7, 11) is 1.60. The molecule has 0 atom stereocenters. The highest BCUT2D eigenvalue weighted by molar-refractivity contribution is 7.09. The molecule has 0 aliphatic carbocycles. The number of amides is 1. The molecule has 0 unspecified atom stereocenters. The monoisotopic (exact) mass is 405 g/mol. The fourth-order valence-corrected chi connectivity index (χ4v) is 3.88. The average molecular weight is 405 g/mol. The van der Waals surface area contributed by atoms with Gasteiger partial charge in [0, 0.05) is 17.5 Å². The van der Waals surface area contributed by atoms with Crippen LogP contribution in [0.1, 0.15) is 20.8 Å². The maximum Gasteiger partial charge on any atom is 0.317 e. The molecule has 1 amide bonds. The first kappa shape index (κ1) is 18.9. The van der Waals surface area contributed by atoms with Gasteiger partial charge in [-0.3, -0.25) is 19.0 Å². The fraction of sp³-hybridized carbons (Fsp3) is 0.136. The van der Waals surface area contributed by atoms with E-state index in [2.05, 4.69) is 5.32 Å². The van der Waals surface area contributed by atoms with Crippen molar-refractivity contribution in [1.82, 2.24) is 14.5 Å². The quantitative estimate of drug-likeness (QED) is 0.519. The average Bonchev–Trinajstić information content (AvgIpc) is 3.27. The highest BCUT2D eigenvalue weighted by Crippen LogP contribution is 2.13. The largest absolute Gasteiger partial charge is 0.347 e. The zero-order valence-corrected chi connectivity index (χ0v) is 16.6. The summed E-state index contributed by atoms with van der Waals surface area (Å²) >= 11 is 1.59. The Morgan fingerprint density at radius 3 is 2.34 bits per heavy atom. The van der Waals surface area contributed by atoms with Crippen molar-refractivity contribution >= 4 is 28.3 Å². The molecule has 6 nitrogen and oxygen atoms in total. The van der Waals surface area contributed by atoms with Crippen LogP contribution in [0.15, 0.2) is 75.6 Å². The van der Waals surface area contributed by atoms with Gasteiger partial charge in [-0.25, -0.2) is 0 Å². The van der Waals surface area contributed by atoms with Crippen LogP contribution in [0.4, 0.5) is 0 Å². The minimum atomic E-state index is -0.566. The van der Waals surface area contributed by atoms with Crippen LogP contribution in [-0.4, -0.2) is 15.0 Å². The molecule has 0 bridgehead atoms. The van der Waals surface area contributed by atoms with Gasteiger partial charge in [0.1, 0.15) is 0 Å². The summed E-state index contributed by atoms with van der Waals surface area (Å²) in [5, 5.41) is 4.86. The van der Waals surface area contributed by atoms with E-state index in [0.29, 0.717) is 23.1 Å². The third-order valence-corrected chi connectivity index (χ3v) is 5.70. The zero-order chi connectivity index (χ0) is 20.4. The maximum atomic E-state index is 12.5. The van der Waals surface area contributed by atoms with Crippen molar-refractivity contribution in [3.05, 3.63) is 103 Å². The molecule has 0 aliphatic heterocycles. The molecule has 146 valence electrons. The Morgan fingerprint density at radius 2 is 1.66 bits per heavy atom. The number of rotatable bonds is 5. The van der Waals surface area contributed by atoms with Crippen LogP contribution in [0, 0.1) is 0 Å². The smallest absolute Gasteiger partial charge is 0.317 e. The van der Waals surface area contributed by atoms with Gasteiger partial charge in [0.15, 0.2) is 0 Å². The summed E-state index contributed by atoms with van der Waals surface area (Å²) < 4.78 is 2.85. The molecule has 4 rings (SSSR count). The van der Waals surface area contributed by atoms with Gasteiger partial charge in [-0.15, -0.1) is 11.3 Å². The number of benzene rings is 2. The molecule has 2 aromatic carbocycles. The molecule has 0 aliphatic rings. The van der Waals surface area contributed by atoms with Gasteiger partial charge in [-0.1, -0.05) is 30.3 Å². The number of fused-ring (bicyclic) bond motifs is 1. The van der Waals surface area contributed by atoms with Crippen LogP contribution < -0.4 is 16.4 Å². The molecule has 0 saturated carbocycles. The summed E-state index contributed by atoms with van der Waals surface area (Å²) in [4.78, 5) is 38.2. The summed E-state index contributed by atoms with van der Waals surface area (Å²) in [6.45, 7) is 0.749. The van der Waals surface area contributed by atoms with E-state index in [1.807, 2.05) is 41.8 Å². The van der Waals surface area contributed by atoms with Crippen molar-refractivity contribution in [3.8, 4) is 0 Å². The van der Waals surface area contributed by atoms with Crippen LogP contribution in [0.5, 0.6) is 0 Å². The number of carbonyl (C=O) groups is 1. The van der Waals surface area contributed by atoms with Gasteiger partial charge in [0.2, 0.25) is 0 Å². The zero-order valence-electron chi connectivity index (χ0n) is 15.8. The molecule has 7 heteroatoms.